The SMILES string of the molecule is C[C@@H]1[C@H]2CCC[C@@H](C2)[C@@]2(O)CCCC[C@H]12. The van der Waals surface area contributed by atoms with Crippen molar-refractivity contribution in [3.05, 3.63) is 0 Å². The zero-order valence-corrected chi connectivity index (χ0v) is 9.91. The summed E-state index contributed by atoms with van der Waals surface area (Å²) in [7, 11) is 0. The molecular formula is C14H24O. The van der Waals surface area contributed by atoms with Crippen LogP contribution in [0.25, 0.3) is 0 Å². The van der Waals surface area contributed by atoms with Crippen molar-refractivity contribution >= 4 is 0 Å². The molecule has 3 rings (SSSR count). The van der Waals surface area contributed by atoms with Crippen molar-refractivity contribution in [1.82, 2.24) is 0 Å². The normalized spacial score (nSPS) is 54.8. The van der Waals surface area contributed by atoms with E-state index in [1.807, 2.05) is 0 Å². The van der Waals surface area contributed by atoms with Crippen LogP contribution in [-0.2, 0) is 0 Å². The third-order valence-corrected chi connectivity index (χ3v) is 5.78. The van der Waals surface area contributed by atoms with E-state index in [4.69, 9.17) is 0 Å². The third kappa shape index (κ3) is 1.39. The van der Waals surface area contributed by atoms with E-state index in [1.165, 1.54) is 44.9 Å². The molecule has 3 fully saturated rings. The molecule has 3 aliphatic carbocycles. The van der Waals surface area contributed by atoms with Crippen molar-refractivity contribution < 1.29 is 5.11 Å². The first kappa shape index (κ1) is 10.1. The van der Waals surface area contributed by atoms with Crippen molar-refractivity contribution in [3.8, 4) is 0 Å². The van der Waals surface area contributed by atoms with Gasteiger partial charge >= 0.3 is 0 Å². The molecule has 2 bridgehead atoms. The van der Waals surface area contributed by atoms with Gasteiger partial charge in [-0.05, 0) is 49.4 Å². The lowest BCUT2D eigenvalue weighted by Gasteiger charge is -2.56. The first-order valence-electron chi connectivity index (χ1n) is 6.94. The Bertz CT molecular complexity index is 250. The van der Waals surface area contributed by atoms with Crippen LogP contribution in [0.2, 0.25) is 0 Å². The molecule has 5 atom stereocenters. The van der Waals surface area contributed by atoms with Gasteiger partial charge in [0.05, 0.1) is 5.60 Å². The fourth-order valence-corrected chi connectivity index (χ4v) is 4.92. The maximum atomic E-state index is 11.0. The predicted octanol–water partition coefficient (Wildman–Crippen LogP) is 3.36. The molecule has 0 radical (unpaired) electrons. The Morgan fingerprint density at radius 3 is 2.80 bits per heavy atom. The van der Waals surface area contributed by atoms with Crippen LogP contribution in [0.3, 0.4) is 0 Å². The molecule has 0 unspecified atom stereocenters. The van der Waals surface area contributed by atoms with Gasteiger partial charge in [-0.2, -0.15) is 0 Å². The number of aliphatic hydroxyl groups is 1. The Balaban J connectivity index is 1.91. The van der Waals surface area contributed by atoms with Crippen molar-refractivity contribution in [3.63, 3.8) is 0 Å². The minimum absolute atomic E-state index is 0.255. The summed E-state index contributed by atoms with van der Waals surface area (Å²) in [5.74, 6) is 3.01. The zero-order chi connectivity index (χ0) is 10.5. The van der Waals surface area contributed by atoms with Gasteiger partial charge in [-0.3, -0.25) is 0 Å². The number of rotatable bonds is 0. The molecule has 1 N–H and O–H groups in total. The second-order valence-corrected chi connectivity index (χ2v) is 6.33. The van der Waals surface area contributed by atoms with Crippen LogP contribution in [-0.4, -0.2) is 10.7 Å². The summed E-state index contributed by atoms with van der Waals surface area (Å²) >= 11 is 0. The second kappa shape index (κ2) is 3.48. The average molecular weight is 208 g/mol. The van der Waals surface area contributed by atoms with Crippen molar-refractivity contribution in [1.29, 1.82) is 0 Å². The van der Waals surface area contributed by atoms with Gasteiger partial charge in [0.25, 0.3) is 0 Å². The fraction of sp³-hybridized carbons (Fsp3) is 1.00. The lowest BCUT2D eigenvalue weighted by molar-refractivity contribution is -0.166. The minimum atomic E-state index is -0.255. The Morgan fingerprint density at radius 1 is 1.07 bits per heavy atom. The van der Waals surface area contributed by atoms with Crippen LogP contribution >= 0.6 is 0 Å². The highest BCUT2D eigenvalue weighted by Crippen LogP contribution is 2.56. The number of hydrogen-bond donors (Lipinski definition) is 1. The van der Waals surface area contributed by atoms with E-state index in [0.717, 1.165) is 18.3 Å². The average Bonchev–Trinajstić information content (AvgIpc) is 2.28. The highest BCUT2D eigenvalue weighted by molar-refractivity contribution is 5.04. The first-order valence-corrected chi connectivity index (χ1v) is 6.94. The third-order valence-electron chi connectivity index (χ3n) is 5.78. The molecule has 0 aromatic heterocycles. The minimum Gasteiger partial charge on any atom is -0.389 e. The van der Waals surface area contributed by atoms with Crippen LogP contribution in [0, 0.1) is 23.7 Å². The molecule has 1 nitrogen and oxygen atoms in total. The van der Waals surface area contributed by atoms with Crippen LogP contribution in [0.5, 0.6) is 0 Å². The maximum absolute atomic E-state index is 11.0. The molecule has 3 aliphatic rings. The summed E-state index contributed by atoms with van der Waals surface area (Å²) in [5.41, 5.74) is -0.255. The second-order valence-electron chi connectivity index (χ2n) is 6.33. The highest BCUT2D eigenvalue weighted by atomic mass is 16.3. The largest absolute Gasteiger partial charge is 0.389 e. The van der Waals surface area contributed by atoms with Crippen molar-refractivity contribution in [2.75, 3.05) is 0 Å². The molecule has 3 saturated carbocycles. The fourth-order valence-electron chi connectivity index (χ4n) is 4.92. The Kier molecular flexibility index (Phi) is 2.35. The Morgan fingerprint density at radius 2 is 1.93 bits per heavy atom. The molecule has 0 saturated heterocycles. The molecule has 15 heavy (non-hydrogen) atoms. The predicted molar refractivity (Wildman–Crippen MR) is 61.5 cm³/mol. The molecule has 0 amide bonds. The number of hydrogen-bond acceptors (Lipinski definition) is 1. The van der Waals surface area contributed by atoms with E-state index in [0.29, 0.717) is 11.8 Å². The molecule has 0 aliphatic heterocycles. The summed E-state index contributed by atoms with van der Waals surface area (Å²) in [5, 5.41) is 11.0. The van der Waals surface area contributed by atoms with Gasteiger partial charge in [0.2, 0.25) is 0 Å². The van der Waals surface area contributed by atoms with E-state index >= 15 is 0 Å². The Hall–Kier alpha value is -0.0400. The number of fused-ring (bicyclic) bond motifs is 4. The lowest BCUT2D eigenvalue weighted by Crippen LogP contribution is -2.56. The summed E-state index contributed by atoms with van der Waals surface area (Å²) in [6, 6.07) is 0. The Labute approximate surface area is 93.3 Å². The van der Waals surface area contributed by atoms with Gasteiger partial charge < -0.3 is 5.11 Å². The van der Waals surface area contributed by atoms with Crippen LogP contribution in [0.4, 0.5) is 0 Å². The summed E-state index contributed by atoms with van der Waals surface area (Å²) in [6.45, 7) is 2.41. The molecule has 0 heterocycles. The summed E-state index contributed by atoms with van der Waals surface area (Å²) in [4.78, 5) is 0. The van der Waals surface area contributed by atoms with Gasteiger partial charge in [-0.1, -0.05) is 32.6 Å². The smallest absolute Gasteiger partial charge is 0.0706 e. The lowest BCUT2D eigenvalue weighted by atomic mass is 9.52. The van der Waals surface area contributed by atoms with Crippen LogP contribution in [0.1, 0.15) is 58.3 Å². The monoisotopic (exact) mass is 208 g/mol. The summed E-state index contributed by atoms with van der Waals surface area (Å²) < 4.78 is 0. The summed E-state index contributed by atoms with van der Waals surface area (Å²) in [6.07, 6.45) is 10.4. The standard InChI is InChI=1S/C14H24O/c1-10-11-5-4-6-12(9-11)14(15)8-3-2-7-13(10)14/h10-13,15H,2-9H2,1H3/t10-,11+,12+,13-,14+/m1/s1. The molecule has 0 aromatic carbocycles. The van der Waals surface area contributed by atoms with Gasteiger partial charge in [-0.25, -0.2) is 0 Å². The van der Waals surface area contributed by atoms with E-state index in [-0.39, 0.29) is 5.60 Å². The van der Waals surface area contributed by atoms with Crippen molar-refractivity contribution in [2.45, 2.75) is 63.9 Å². The maximum Gasteiger partial charge on any atom is 0.0706 e. The van der Waals surface area contributed by atoms with E-state index in [2.05, 4.69) is 6.92 Å². The quantitative estimate of drug-likeness (QED) is 0.647. The molecule has 0 spiro atoms. The van der Waals surface area contributed by atoms with Crippen LogP contribution < -0.4 is 0 Å². The van der Waals surface area contributed by atoms with Gasteiger partial charge in [-0.15, -0.1) is 0 Å². The van der Waals surface area contributed by atoms with Gasteiger partial charge in [0.15, 0.2) is 0 Å². The molecule has 86 valence electrons. The molecular weight excluding hydrogens is 184 g/mol. The van der Waals surface area contributed by atoms with Gasteiger partial charge in [0.1, 0.15) is 0 Å². The van der Waals surface area contributed by atoms with E-state index in [9.17, 15) is 5.11 Å². The molecule has 0 aromatic rings. The first-order chi connectivity index (χ1) is 7.22. The highest BCUT2D eigenvalue weighted by Gasteiger charge is 2.53. The van der Waals surface area contributed by atoms with E-state index in [1.54, 1.807) is 0 Å². The van der Waals surface area contributed by atoms with Crippen LogP contribution in [0.15, 0.2) is 0 Å². The molecule has 1 heteroatoms. The van der Waals surface area contributed by atoms with Crippen molar-refractivity contribution in [2.24, 2.45) is 23.7 Å². The van der Waals surface area contributed by atoms with E-state index < -0.39 is 0 Å². The zero-order valence-electron chi connectivity index (χ0n) is 9.91. The van der Waals surface area contributed by atoms with Gasteiger partial charge in [0, 0.05) is 0 Å². The topological polar surface area (TPSA) is 20.2 Å².